The molecule has 1 aliphatic rings. The van der Waals surface area contributed by atoms with Crippen LogP contribution < -0.4 is 4.90 Å². The van der Waals surface area contributed by atoms with Gasteiger partial charge in [-0.25, -0.2) is 9.88 Å². The van der Waals surface area contributed by atoms with E-state index in [9.17, 15) is 9.59 Å². The fourth-order valence-corrected chi connectivity index (χ4v) is 2.07. The third kappa shape index (κ3) is 1.62. The molecular formula is C13H7N5O2. The van der Waals surface area contributed by atoms with Crippen LogP contribution in [0.25, 0.3) is 10.4 Å². The van der Waals surface area contributed by atoms with Crippen LogP contribution in [-0.4, -0.2) is 16.8 Å². The van der Waals surface area contributed by atoms with Crippen molar-refractivity contribution in [1.29, 1.82) is 0 Å². The van der Waals surface area contributed by atoms with Crippen LogP contribution in [0.3, 0.4) is 0 Å². The normalized spacial score (nSPS) is 13.1. The number of rotatable bonds is 2. The molecule has 0 saturated carbocycles. The van der Waals surface area contributed by atoms with Crippen molar-refractivity contribution in [2.24, 2.45) is 5.11 Å². The molecule has 0 aliphatic carbocycles. The summed E-state index contributed by atoms with van der Waals surface area (Å²) in [7, 11) is 0. The molecule has 0 bridgehead atoms. The summed E-state index contributed by atoms with van der Waals surface area (Å²) >= 11 is 0. The zero-order chi connectivity index (χ0) is 14.1. The molecule has 2 amide bonds. The third-order valence-corrected chi connectivity index (χ3v) is 2.92. The maximum atomic E-state index is 12.3. The minimum absolute atomic E-state index is 0.0384. The van der Waals surface area contributed by atoms with Crippen LogP contribution in [-0.2, 0) is 0 Å². The van der Waals surface area contributed by atoms with Gasteiger partial charge in [0.25, 0.3) is 11.8 Å². The number of anilines is 1. The molecule has 20 heavy (non-hydrogen) atoms. The highest BCUT2D eigenvalue weighted by molar-refractivity contribution is 6.34. The SMILES string of the molecule is [N-]=[N+]=Nc1cccnc1N1C(=O)c2ccccc2C1=O. The predicted molar refractivity (Wildman–Crippen MR) is 70.6 cm³/mol. The van der Waals surface area contributed by atoms with Crippen LogP contribution in [0.4, 0.5) is 11.5 Å². The Hall–Kier alpha value is -3.18. The Bertz CT molecular complexity index is 745. The Morgan fingerprint density at radius 1 is 1.05 bits per heavy atom. The summed E-state index contributed by atoms with van der Waals surface area (Å²) in [5.41, 5.74) is 9.29. The van der Waals surface area contributed by atoms with Gasteiger partial charge in [-0.2, -0.15) is 0 Å². The van der Waals surface area contributed by atoms with E-state index in [1.165, 1.54) is 12.3 Å². The van der Waals surface area contributed by atoms with E-state index in [1.54, 1.807) is 30.3 Å². The van der Waals surface area contributed by atoms with E-state index in [4.69, 9.17) is 5.53 Å². The number of carbonyl (C=O) groups excluding carboxylic acids is 2. The molecular weight excluding hydrogens is 258 g/mol. The van der Waals surface area contributed by atoms with Gasteiger partial charge in [-0.3, -0.25) is 9.59 Å². The maximum Gasteiger partial charge on any atom is 0.267 e. The summed E-state index contributed by atoms with van der Waals surface area (Å²) in [6.07, 6.45) is 1.43. The Morgan fingerprint density at radius 3 is 2.30 bits per heavy atom. The topological polar surface area (TPSA) is 99.0 Å². The van der Waals surface area contributed by atoms with Gasteiger partial charge in [-0.15, -0.1) is 0 Å². The first-order chi connectivity index (χ1) is 9.74. The number of azide groups is 1. The second-order valence-corrected chi connectivity index (χ2v) is 4.03. The average molecular weight is 265 g/mol. The fraction of sp³-hybridized carbons (Fsp3) is 0. The zero-order valence-corrected chi connectivity index (χ0v) is 10.1. The highest BCUT2D eigenvalue weighted by atomic mass is 16.2. The van der Waals surface area contributed by atoms with Crippen molar-refractivity contribution in [1.82, 2.24) is 4.98 Å². The predicted octanol–water partition coefficient (Wildman–Crippen LogP) is 2.82. The smallest absolute Gasteiger partial charge is 0.267 e. The number of fused-ring (bicyclic) bond motifs is 1. The molecule has 7 heteroatoms. The highest BCUT2D eigenvalue weighted by Crippen LogP contribution is 2.32. The average Bonchev–Trinajstić information content (AvgIpc) is 2.73. The molecule has 2 heterocycles. The monoisotopic (exact) mass is 265 g/mol. The molecule has 0 unspecified atom stereocenters. The van der Waals surface area contributed by atoms with Gasteiger partial charge < -0.3 is 0 Å². The molecule has 0 fully saturated rings. The van der Waals surface area contributed by atoms with Crippen LogP contribution in [0.2, 0.25) is 0 Å². The van der Waals surface area contributed by atoms with Gasteiger partial charge in [-0.05, 0) is 29.8 Å². The minimum atomic E-state index is -0.473. The number of nitrogens with zero attached hydrogens (tertiary/aromatic N) is 5. The van der Waals surface area contributed by atoms with Crippen molar-refractivity contribution in [2.75, 3.05) is 4.90 Å². The molecule has 0 N–H and O–H groups in total. The van der Waals surface area contributed by atoms with E-state index in [2.05, 4.69) is 15.0 Å². The standard InChI is InChI=1S/C13H7N5O2/c14-17-16-10-6-3-7-15-11(10)18-12(19)8-4-1-2-5-9(8)13(18)20/h1-7H. The summed E-state index contributed by atoms with van der Waals surface area (Å²) < 4.78 is 0. The highest BCUT2D eigenvalue weighted by Gasteiger charge is 2.37. The molecule has 1 aromatic carbocycles. The van der Waals surface area contributed by atoms with E-state index >= 15 is 0 Å². The van der Waals surface area contributed by atoms with E-state index in [1.807, 2.05) is 0 Å². The number of hydrogen-bond acceptors (Lipinski definition) is 4. The van der Waals surface area contributed by atoms with Crippen molar-refractivity contribution in [3.8, 4) is 0 Å². The second-order valence-electron chi connectivity index (χ2n) is 4.03. The Kier molecular flexibility index (Phi) is 2.67. The van der Waals surface area contributed by atoms with Gasteiger partial charge >= 0.3 is 0 Å². The van der Waals surface area contributed by atoms with E-state index in [-0.39, 0.29) is 11.5 Å². The van der Waals surface area contributed by atoms with Crippen LogP contribution in [0.5, 0.6) is 0 Å². The van der Waals surface area contributed by atoms with E-state index < -0.39 is 11.8 Å². The lowest BCUT2D eigenvalue weighted by Crippen LogP contribution is -2.30. The number of pyridine rings is 1. The molecule has 1 aliphatic heterocycles. The van der Waals surface area contributed by atoms with Gasteiger partial charge in [0.2, 0.25) is 0 Å². The maximum absolute atomic E-state index is 12.3. The lowest BCUT2D eigenvalue weighted by Gasteiger charge is -2.14. The van der Waals surface area contributed by atoms with Crippen LogP contribution >= 0.6 is 0 Å². The molecule has 0 atom stereocenters. The summed E-state index contributed by atoms with van der Waals surface area (Å²) in [5.74, 6) is -0.908. The minimum Gasteiger partial charge on any atom is -0.268 e. The number of carbonyl (C=O) groups is 2. The third-order valence-electron chi connectivity index (χ3n) is 2.92. The number of benzene rings is 1. The Balaban J connectivity index is 2.17. The summed E-state index contributed by atoms with van der Waals surface area (Å²) in [4.78, 5) is 32.2. The van der Waals surface area contributed by atoms with Gasteiger partial charge in [0.15, 0.2) is 5.82 Å². The van der Waals surface area contributed by atoms with Crippen molar-refractivity contribution in [2.45, 2.75) is 0 Å². The van der Waals surface area contributed by atoms with Gasteiger partial charge in [0.05, 0.1) is 16.8 Å². The van der Waals surface area contributed by atoms with Crippen LogP contribution in [0.15, 0.2) is 47.7 Å². The van der Waals surface area contributed by atoms with Crippen molar-refractivity contribution >= 4 is 23.3 Å². The van der Waals surface area contributed by atoms with Gasteiger partial charge in [0, 0.05) is 11.1 Å². The molecule has 0 saturated heterocycles. The first-order valence-corrected chi connectivity index (χ1v) is 5.72. The fourth-order valence-electron chi connectivity index (χ4n) is 2.07. The Morgan fingerprint density at radius 2 is 1.70 bits per heavy atom. The van der Waals surface area contributed by atoms with Crippen LogP contribution in [0, 0.1) is 0 Å². The van der Waals surface area contributed by atoms with Crippen molar-refractivity contribution < 1.29 is 9.59 Å². The summed E-state index contributed by atoms with van der Waals surface area (Å²) in [5, 5.41) is 3.45. The van der Waals surface area contributed by atoms with Crippen molar-refractivity contribution in [3.05, 3.63) is 64.2 Å². The first-order valence-electron chi connectivity index (χ1n) is 5.72. The summed E-state index contributed by atoms with van der Waals surface area (Å²) in [6, 6.07) is 9.56. The molecule has 0 spiro atoms. The van der Waals surface area contributed by atoms with Crippen LogP contribution in [0.1, 0.15) is 20.7 Å². The first kappa shape index (κ1) is 11.9. The number of hydrogen-bond donors (Lipinski definition) is 0. The number of amides is 2. The molecule has 7 nitrogen and oxygen atoms in total. The molecule has 96 valence electrons. The molecule has 2 aromatic rings. The molecule has 1 aromatic heterocycles. The number of imide groups is 1. The van der Waals surface area contributed by atoms with Gasteiger partial charge in [0.1, 0.15) is 0 Å². The van der Waals surface area contributed by atoms with Gasteiger partial charge in [-0.1, -0.05) is 17.2 Å². The molecule has 3 rings (SSSR count). The molecule has 0 radical (unpaired) electrons. The number of aromatic nitrogens is 1. The summed E-state index contributed by atoms with van der Waals surface area (Å²) in [6.45, 7) is 0. The lowest BCUT2D eigenvalue weighted by molar-refractivity contribution is 0.0925. The zero-order valence-electron chi connectivity index (χ0n) is 10.1. The van der Waals surface area contributed by atoms with E-state index in [0.717, 1.165) is 4.90 Å². The second kappa shape index (κ2) is 4.49. The lowest BCUT2D eigenvalue weighted by atomic mass is 10.1. The largest absolute Gasteiger partial charge is 0.268 e. The Labute approximate surface area is 113 Å². The van der Waals surface area contributed by atoms with Crippen molar-refractivity contribution in [3.63, 3.8) is 0 Å². The quantitative estimate of drug-likeness (QED) is 0.361. The van der Waals surface area contributed by atoms with E-state index in [0.29, 0.717) is 11.1 Å².